The average molecular weight is 323 g/mol. The van der Waals surface area contributed by atoms with Crippen molar-refractivity contribution < 1.29 is 17.6 Å². The van der Waals surface area contributed by atoms with Gasteiger partial charge in [0.15, 0.2) is 9.84 Å². The van der Waals surface area contributed by atoms with Gasteiger partial charge < -0.3 is 4.90 Å². The summed E-state index contributed by atoms with van der Waals surface area (Å²) < 4.78 is 36.5. The molecular weight excluding hydrogens is 305 g/mol. The molecule has 22 heavy (non-hydrogen) atoms. The third-order valence-corrected chi connectivity index (χ3v) is 5.67. The molecule has 1 atom stereocenters. The van der Waals surface area contributed by atoms with E-state index in [1.54, 1.807) is 6.08 Å². The van der Waals surface area contributed by atoms with E-state index in [-0.39, 0.29) is 23.4 Å². The molecule has 0 bridgehead atoms. The molecule has 1 amide bonds. The minimum Gasteiger partial charge on any atom is -0.304 e. The van der Waals surface area contributed by atoms with Gasteiger partial charge in [0.2, 0.25) is 5.91 Å². The molecule has 6 heteroatoms. The Morgan fingerprint density at radius 2 is 1.77 bits per heavy atom. The molecule has 1 aliphatic carbocycles. The quantitative estimate of drug-likeness (QED) is 0.859. The van der Waals surface area contributed by atoms with Crippen molar-refractivity contribution in [2.75, 3.05) is 10.7 Å². The van der Waals surface area contributed by atoms with Crippen LogP contribution in [0.4, 0.5) is 10.1 Å². The SMILES string of the molecule is O=C(C1CCCC1)N(c1ccc(F)cc1)[C@H]1C=CS(=O)(=O)C1. The third kappa shape index (κ3) is 3.06. The Balaban J connectivity index is 1.93. The number of amides is 1. The molecule has 1 saturated carbocycles. The summed E-state index contributed by atoms with van der Waals surface area (Å²) in [4.78, 5) is 14.4. The number of carbonyl (C=O) groups is 1. The van der Waals surface area contributed by atoms with Gasteiger partial charge in [-0.2, -0.15) is 0 Å². The number of halogens is 1. The summed E-state index contributed by atoms with van der Waals surface area (Å²) in [6.07, 6.45) is 5.25. The smallest absolute Gasteiger partial charge is 0.230 e. The first-order valence-electron chi connectivity index (χ1n) is 7.46. The number of hydrogen-bond donors (Lipinski definition) is 0. The second-order valence-corrected chi connectivity index (χ2v) is 7.82. The maximum Gasteiger partial charge on any atom is 0.230 e. The van der Waals surface area contributed by atoms with Crippen LogP contribution >= 0.6 is 0 Å². The summed E-state index contributed by atoms with van der Waals surface area (Å²) in [5, 5.41) is 1.16. The standard InChI is InChI=1S/C16H18FNO3S/c17-13-5-7-14(8-6-13)18(15-9-10-22(20,21)11-15)16(19)12-3-1-2-4-12/h5-10,12,15H,1-4,11H2/t15-/m0/s1. The van der Waals surface area contributed by atoms with Gasteiger partial charge >= 0.3 is 0 Å². The lowest BCUT2D eigenvalue weighted by Crippen LogP contribution is -2.44. The Kier molecular flexibility index (Phi) is 4.04. The second-order valence-electron chi connectivity index (χ2n) is 5.89. The van der Waals surface area contributed by atoms with E-state index in [1.165, 1.54) is 29.2 Å². The van der Waals surface area contributed by atoms with Crippen molar-refractivity contribution >= 4 is 21.4 Å². The van der Waals surface area contributed by atoms with E-state index >= 15 is 0 Å². The highest BCUT2D eigenvalue weighted by Crippen LogP contribution is 2.31. The summed E-state index contributed by atoms with van der Waals surface area (Å²) >= 11 is 0. The zero-order chi connectivity index (χ0) is 15.7. The summed E-state index contributed by atoms with van der Waals surface area (Å²) in [5.41, 5.74) is 0.546. The summed E-state index contributed by atoms with van der Waals surface area (Å²) in [6.45, 7) is 0. The maximum absolute atomic E-state index is 13.1. The van der Waals surface area contributed by atoms with Gasteiger partial charge in [-0.1, -0.05) is 12.8 Å². The van der Waals surface area contributed by atoms with Crippen molar-refractivity contribution in [1.29, 1.82) is 0 Å². The number of nitrogens with zero attached hydrogens (tertiary/aromatic N) is 1. The molecule has 0 spiro atoms. The minimum atomic E-state index is -3.26. The third-order valence-electron chi connectivity index (χ3n) is 4.29. The van der Waals surface area contributed by atoms with Gasteiger partial charge in [0.05, 0.1) is 11.8 Å². The molecule has 0 radical (unpaired) electrons. The Labute approximate surface area is 129 Å². The molecule has 3 rings (SSSR count). The lowest BCUT2D eigenvalue weighted by Gasteiger charge is -2.30. The molecule has 1 aliphatic heterocycles. The van der Waals surface area contributed by atoms with Crippen molar-refractivity contribution in [2.45, 2.75) is 31.7 Å². The number of rotatable bonds is 3. The Hall–Kier alpha value is -1.69. The van der Waals surface area contributed by atoms with E-state index in [2.05, 4.69) is 0 Å². The summed E-state index contributed by atoms with van der Waals surface area (Å²) in [6, 6.07) is 5.13. The number of benzene rings is 1. The van der Waals surface area contributed by atoms with Crippen LogP contribution in [0.5, 0.6) is 0 Å². The van der Waals surface area contributed by atoms with Gasteiger partial charge in [-0.3, -0.25) is 4.79 Å². The first kappa shape index (κ1) is 15.2. The number of anilines is 1. The zero-order valence-electron chi connectivity index (χ0n) is 12.1. The van der Waals surface area contributed by atoms with E-state index in [1.807, 2.05) is 0 Å². The second kappa shape index (κ2) is 5.83. The van der Waals surface area contributed by atoms with Crippen molar-refractivity contribution in [3.05, 3.63) is 41.6 Å². The molecule has 1 heterocycles. The predicted octanol–water partition coefficient (Wildman–Crippen LogP) is 2.66. The molecule has 0 saturated heterocycles. The first-order chi connectivity index (χ1) is 10.5. The monoisotopic (exact) mass is 323 g/mol. The van der Waals surface area contributed by atoms with E-state index in [0.29, 0.717) is 5.69 Å². The fourth-order valence-electron chi connectivity index (χ4n) is 3.17. The first-order valence-corrected chi connectivity index (χ1v) is 9.17. The molecule has 0 aromatic heterocycles. The fraction of sp³-hybridized carbons (Fsp3) is 0.438. The lowest BCUT2D eigenvalue weighted by molar-refractivity contribution is -0.122. The Morgan fingerprint density at radius 3 is 2.32 bits per heavy atom. The van der Waals surface area contributed by atoms with Gasteiger partial charge in [0, 0.05) is 17.0 Å². The lowest BCUT2D eigenvalue weighted by atomic mass is 10.0. The van der Waals surface area contributed by atoms with E-state index in [0.717, 1.165) is 31.1 Å². The van der Waals surface area contributed by atoms with E-state index < -0.39 is 15.9 Å². The van der Waals surface area contributed by atoms with Gasteiger partial charge in [0.25, 0.3) is 0 Å². The molecule has 0 unspecified atom stereocenters. The highest BCUT2D eigenvalue weighted by atomic mass is 32.2. The average Bonchev–Trinajstić information content (AvgIpc) is 3.11. The molecule has 2 aliphatic rings. The highest BCUT2D eigenvalue weighted by Gasteiger charge is 2.35. The van der Waals surface area contributed by atoms with Crippen LogP contribution in [0, 0.1) is 11.7 Å². The van der Waals surface area contributed by atoms with Crippen LogP contribution in [0.2, 0.25) is 0 Å². The van der Waals surface area contributed by atoms with Gasteiger partial charge in [-0.15, -0.1) is 0 Å². The topological polar surface area (TPSA) is 54.5 Å². The summed E-state index contributed by atoms with van der Waals surface area (Å²) in [5.74, 6) is -0.618. The zero-order valence-corrected chi connectivity index (χ0v) is 12.9. The molecule has 4 nitrogen and oxygen atoms in total. The number of sulfone groups is 1. The van der Waals surface area contributed by atoms with Crippen LogP contribution < -0.4 is 4.90 Å². The van der Waals surface area contributed by atoms with Crippen LogP contribution in [-0.4, -0.2) is 26.1 Å². The predicted molar refractivity (Wildman–Crippen MR) is 82.6 cm³/mol. The Morgan fingerprint density at radius 1 is 1.14 bits per heavy atom. The molecule has 1 aromatic carbocycles. The van der Waals surface area contributed by atoms with Gasteiger partial charge in [-0.05, 0) is 43.2 Å². The van der Waals surface area contributed by atoms with Crippen molar-refractivity contribution in [2.24, 2.45) is 5.92 Å². The molecule has 118 valence electrons. The summed E-state index contributed by atoms with van der Waals surface area (Å²) in [7, 11) is -3.26. The normalized spacial score (nSPS) is 23.8. The minimum absolute atomic E-state index is 0.0594. The van der Waals surface area contributed by atoms with Crippen molar-refractivity contribution in [3.8, 4) is 0 Å². The fourth-order valence-corrected chi connectivity index (χ4v) is 4.44. The van der Waals surface area contributed by atoms with Crippen LogP contribution in [-0.2, 0) is 14.6 Å². The van der Waals surface area contributed by atoms with Crippen LogP contribution in [0.25, 0.3) is 0 Å². The van der Waals surface area contributed by atoms with Crippen molar-refractivity contribution in [1.82, 2.24) is 0 Å². The van der Waals surface area contributed by atoms with Gasteiger partial charge in [-0.25, -0.2) is 12.8 Å². The van der Waals surface area contributed by atoms with E-state index in [9.17, 15) is 17.6 Å². The van der Waals surface area contributed by atoms with Gasteiger partial charge in [0.1, 0.15) is 5.82 Å². The maximum atomic E-state index is 13.1. The largest absolute Gasteiger partial charge is 0.304 e. The highest BCUT2D eigenvalue weighted by molar-refractivity contribution is 7.94. The number of hydrogen-bond acceptors (Lipinski definition) is 3. The van der Waals surface area contributed by atoms with E-state index in [4.69, 9.17) is 0 Å². The molecule has 0 N–H and O–H groups in total. The van der Waals surface area contributed by atoms with Crippen molar-refractivity contribution in [3.63, 3.8) is 0 Å². The van der Waals surface area contributed by atoms with Crippen LogP contribution in [0.15, 0.2) is 35.7 Å². The Bertz CT molecular complexity index is 691. The molecular formula is C16H18FNO3S. The van der Waals surface area contributed by atoms with Crippen LogP contribution in [0.1, 0.15) is 25.7 Å². The molecule has 1 fully saturated rings. The van der Waals surface area contributed by atoms with Crippen LogP contribution in [0.3, 0.4) is 0 Å². The molecule has 1 aromatic rings. The number of carbonyl (C=O) groups excluding carboxylic acids is 1.